The van der Waals surface area contributed by atoms with Crippen molar-refractivity contribution in [3.05, 3.63) is 29.6 Å². The van der Waals surface area contributed by atoms with Gasteiger partial charge in [0.15, 0.2) is 0 Å². The predicted molar refractivity (Wildman–Crippen MR) is 69.4 cm³/mol. The largest absolute Gasteiger partial charge is 0.481 e. The molecule has 1 atom stereocenters. The highest BCUT2D eigenvalue weighted by Crippen LogP contribution is 2.17. The van der Waals surface area contributed by atoms with E-state index in [1.807, 2.05) is 6.92 Å². The van der Waals surface area contributed by atoms with E-state index in [1.54, 1.807) is 0 Å². The summed E-state index contributed by atoms with van der Waals surface area (Å²) in [6.45, 7) is 2.38. The van der Waals surface area contributed by atoms with Gasteiger partial charge in [0.1, 0.15) is 5.82 Å². The van der Waals surface area contributed by atoms with Crippen LogP contribution >= 0.6 is 0 Å². The highest BCUT2D eigenvalue weighted by atomic mass is 19.1. The van der Waals surface area contributed by atoms with Gasteiger partial charge in [-0.1, -0.05) is 6.92 Å². The third kappa shape index (κ3) is 4.95. The highest BCUT2D eigenvalue weighted by molar-refractivity contribution is 5.98. The smallest absolute Gasteiger partial charge is 0.303 e. The van der Waals surface area contributed by atoms with Gasteiger partial charge in [-0.05, 0) is 30.5 Å². The van der Waals surface area contributed by atoms with Crippen molar-refractivity contribution in [2.24, 2.45) is 11.7 Å². The van der Waals surface area contributed by atoms with E-state index in [0.29, 0.717) is 18.7 Å². The van der Waals surface area contributed by atoms with Crippen molar-refractivity contribution in [3.63, 3.8) is 0 Å². The third-order valence-corrected chi connectivity index (χ3v) is 2.74. The van der Waals surface area contributed by atoms with E-state index in [4.69, 9.17) is 10.8 Å². The zero-order chi connectivity index (χ0) is 14.4. The van der Waals surface area contributed by atoms with Crippen molar-refractivity contribution in [1.82, 2.24) is 0 Å². The first-order valence-corrected chi connectivity index (χ1v) is 5.95. The molecule has 0 aromatic heterocycles. The SMILES string of the molecule is CC(CCC(=O)O)CNc1ccc(F)cc1C(N)=O. The average molecular weight is 268 g/mol. The first-order valence-electron chi connectivity index (χ1n) is 5.95. The molecule has 0 aliphatic carbocycles. The van der Waals surface area contributed by atoms with Crippen molar-refractivity contribution >= 4 is 17.6 Å². The van der Waals surface area contributed by atoms with Crippen molar-refractivity contribution in [3.8, 4) is 0 Å². The van der Waals surface area contributed by atoms with Gasteiger partial charge in [-0.25, -0.2) is 4.39 Å². The van der Waals surface area contributed by atoms with E-state index in [2.05, 4.69) is 5.32 Å². The zero-order valence-electron chi connectivity index (χ0n) is 10.6. The molecule has 1 aromatic carbocycles. The van der Waals surface area contributed by atoms with Gasteiger partial charge in [0.2, 0.25) is 0 Å². The molecular formula is C13H17FN2O3. The number of nitrogens with two attached hydrogens (primary N) is 1. The number of nitrogens with one attached hydrogen (secondary N) is 1. The summed E-state index contributed by atoms with van der Waals surface area (Å²) in [6.07, 6.45) is 0.615. The van der Waals surface area contributed by atoms with E-state index in [1.165, 1.54) is 12.1 Å². The molecule has 1 amide bonds. The first-order chi connectivity index (χ1) is 8.90. The van der Waals surface area contributed by atoms with E-state index in [-0.39, 0.29) is 17.9 Å². The Bertz CT molecular complexity index is 477. The molecule has 0 radical (unpaired) electrons. The Morgan fingerprint density at radius 3 is 2.74 bits per heavy atom. The van der Waals surface area contributed by atoms with Gasteiger partial charge in [0, 0.05) is 18.7 Å². The van der Waals surface area contributed by atoms with Crippen LogP contribution in [0.3, 0.4) is 0 Å². The molecule has 104 valence electrons. The van der Waals surface area contributed by atoms with Crippen molar-refractivity contribution in [2.75, 3.05) is 11.9 Å². The van der Waals surface area contributed by atoms with E-state index in [0.717, 1.165) is 6.07 Å². The number of carbonyl (C=O) groups excluding carboxylic acids is 1. The fraction of sp³-hybridized carbons (Fsp3) is 0.385. The molecule has 1 unspecified atom stereocenters. The van der Waals surface area contributed by atoms with Crippen LogP contribution in [0.5, 0.6) is 0 Å². The van der Waals surface area contributed by atoms with Gasteiger partial charge in [-0.2, -0.15) is 0 Å². The van der Waals surface area contributed by atoms with Crippen LogP contribution in [0.4, 0.5) is 10.1 Å². The lowest BCUT2D eigenvalue weighted by Gasteiger charge is -2.14. The van der Waals surface area contributed by atoms with Crippen molar-refractivity contribution in [2.45, 2.75) is 19.8 Å². The number of hydrogen-bond acceptors (Lipinski definition) is 3. The predicted octanol–water partition coefficient (Wildman–Crippen LogP) is 1.84. The third-order valence-electron chi connectivity index (χ3n) is 2.74. The van der Waals surface area contributed by atoms with Crippen LogP contribution in [0.15, 0.2) is 18.2 Å². The topological polar surface area (TPSA) is 92.4 Å². The Morgan fingerprint density at radius 2 is 2.16 bits per heavy atom. The number of anilines is 1. The summed E-state index contributed by atoms with van der Waals surface area (Å²) in [6, 6.07) is 3.75. The number of amides is 1. The van der Waals surface area contributed by atoms with Gasteiger partial charge < -0.3 is 16.2 Å². The second kappa shape index (κ2) is 6.72. The minimum absolute atomic E-state index is 0.0884. The number of carboxylic acid groups (broad SMARTS) is 1. The summed E-state index contributed by atoms with van der Waals surface area (Å²) in [5.41, 5.74) is 5.71. The van der Waals surface area contributed by atoms with Crippen LogP contribution in [0.2, 0.25) is 0 Å². The highest BCUT2D eigenvalue weighted by Gasteiger charge is 2.11. The number of rotatable bonds is 7. The van der Waals surface area contributed by atoms with Crippen molar-refractivity contribution in [1.29, 1.82) is 0 Å². The van der Waals surface area contributed by atoms with Gasteiger partial charge in [-0.15, -0.1) is 0 Å². The molecule has 0 aliphatic heterocycles. The Hall–Kier alpha value is -2.11. The summed E-state index contributed by atoms with van der Waals surface area (Å²) < 4.78 is 13.0. The lowest BCUT2D eigenvalue weighted by Crippen LogP contribution is -2.18. The van der Waals surface area contributed by atoms with E-state index in [9.17, 15) is 14.0 Å². The minimum atomic E-state index is -0.841. The normalized spacial score (nSPS) is 11.9. The summed E-state index contributed by atoms with van der Waals surface area (Å²) in [4.78, 5) is 21.6. The first kappa shape index (κ1) is 14.9. The fourth-order valence-electron chi connectivity index (χ4n) is 1.63. The number of halogens is 1. The number of hydrogen-bond donors (Lipinski definition) is 3. The van der Waals surface area contributed by atoms with Gasteiger partial charge in [-0.3, -0.25) is 9.59 Å². The molecule has 0 heterocycles. The molecule has 6 heteroatoms. The Labute approximate surface area is 110 Å². The van der Waals surface area contributed by atoms with Gasteiger partial charge >= 0.3 is 5.97 Å². The summed E-state index contributed by atoms with van der Waals surface area (Å²) in [5, 5.41) is 11.6. The summed E-state index contributed by atoms with van der Waals surface area (Å²) >= 11 is 0. The average Bonchev–Trinajstić information content (AvgIpc) is 2.34. The van der Waals surface area contributed by atoms with Crippen LogP contribution < -0.4 is 11.1 Å². The Balaban J connectivity index is 2.62. The molecule has 0 spiro atoms. The van der Waals surface area contributed by atoms with Crippen LogP contribution in [0.25, 0.3) is 0 Å². The maximum atomic E-state index is 13.0. The Kier molecular flexibility index (Phi) is 5.29. The molecule has 5 nitrogen and oxygen atoms in total. The molecule has 1 aromatic rings. The molecule has 0 saturated carbocycles. The Morgan fingerprint density at radius 1 is 1.47 bits per heavy atom. The number of benzene rings is 1. The monoisotopic (exact) mass is 268 g/mol. The number of aliphatic carboxylic acids is 1. The minimum Gasteiger partial charge on any atom is -0.481 e. The molecule has 0 fully saturated rings. The second-order valence-electron chi connectivity index (χ2n) is 4.47. The van der Waals surface area contributed by atoms with Gasteiger partial charge in [0.25, 0.3) is 5.91 Å². The second-order valence-corrected chi connectivity index (χ2v) is 4.47. The lowest BCUT2D eigenvalue weighted by molar-refractivity contribution is -0.137. The van der Waals surface area contributed by atoms with Crippen LogP contribution in [-0.4, -0.2) is 23.5 Å². The number of primary amides is 1. The van der Waals surface area contributed by atoms with Crippen LogP contribution in [0, 0.1) is 11.7 Å². The quantitative estimate of drug-likeness (QED) is 0.703. The van der Waals surface area contributed by atoms with Crippen LogP contribution in [0.1, 0.15) is 30.1 Å². The standard InChI is InChI=1S/C13H17FN2O3/c1-8(2-5-12(17)18)7-16-11-4-3-9(14)6-10(11)13(15)19/h3-4,6,8,16H,2,5,7H2,1H3,(H2,15,19)(H,17,18). The lowest BCUT2D eigenvalue weighted by atomic mass is 10.1. The molecule has 4 N–H and O–H groups in total. The molecule has 0 saturated heterocycles. The van der Waals surface area contributed by atoms with Gasteiger partial charge in [0.05, 0.1) is 5.56 Å². The van der Waals surface area contributed by atoms with Crippen LogP contribution in [-0.2, 0) is 4.79 Å². The fourth-order valence-corrected chi connectivity index (χ4v) is 1.63. The van der Waals surface area contributed by atoms with Crippen molar-refractivity contribution < 1.29 is 19.1 Å². The maximum Gasteiger partial charge on any atom is 0.303 e. The van der Waals surface area contributed by atoms with E-state index >= 15 is 0 Å². The molecule has 1 rings (SSSR count). The summed E-state index contributed by atoms with van der Waals surface area (Å²) in [7, 11) is 0. The zero-order valence-corrected chi connectivity index (χ0v) is 10.6. The molecule has 19 heavy (non-hydrogen) atoms. The van der Waals surface area contributed by atoms with E-state index < -0.39 is 17.7 Å². The summed E-state index contributed by atoms with van der Waals surface area (Å²) in [5.74, 6) is -1.97. The number of carbonyl (C=O) groups is 2. The molecule has 0 bridgehead atoms. The molecule has 0 aliphatic rings. The maximum absolute atomic E-state index is 13.0. The number of carboxylic acids is 1. The molecular weight excluding hydrogens is 251 g/mol.